The Morgan fingerprint density at radius 1 is 1.00 bits per heavy atom. The van der Waals surface area contributed by atoms with Crippen LogP contribution in [-0.2, 0) is 16.0 Å². The second-order valence-electron chi connectivity index (χ2n) is 9.62. The molecule has 3 fully saturated rings. The largest absolute Gasteiger partial charge is 0.353 e. The highest BCUT2D eigenvalue weighted by Crippen LogP contribution is 2.30. The lowest BCUT2D eigenvalue weighted by Crippen LogP contribution is -2.39. The fraction of sp³-hybridized carbons (Fsp3) is 0.750. The van der Waals surface area contributed by atoms with E-state index in [1.54, 1.807) is 0 Å². The van der Waals surface area contributed by atoms with E-state index in [4.69, 9.17) is 9.97 Å². The molecule has 4 rings (SSSR count). The fourth-order valence-corrected chi connectivity index (χ4v) is 5.07. The Bertz CT molecular complexity index is 760. The maximum Gasteiger partial charge on any atom is 0.224 e. The van der Waals surface area contributed by atoms with Gasteiger partial charge in [-0.2, -0.15) is 0 Å². The molecule has 2 saturated carbocycles. The highest BCUT2D eigenvalue weighted by Gasteiger charge is 2.28. The van der Waals surface area contributed by atoms with Crippen LogP contribution in [0.2, 0.25) is 0 Å². The minimum absolute atomic E-state index is 0.0664. The normalized spacial score (nSPS) is 22.3. The van der Waals surface area contributed by atoms with Gasteiger partial charge in [-0.1, -0.05) is 25.7 Å². The van der Waals surface area contributed by atoms with Gasteiger partial charge >= 0.3 is 0 Å². The predicted octanol–water partition coefficient (Wildman–Crippen LogP) is 3.59. The van der Waals surface area contributed by atoms with E-state index in [1.807, 2.05) is 18.7 Å². The van der Waals surface area contributed by atoms with Crippen LogP contribution in [0, 0.1) is 19.8 Å². The first-order valence-electron chi connectivity index (χ1n) is 11.9. The van der Waals surface area contributed by atoms with Crippen molar-refractivity contribution in [2.24, 2.45) is 5.92 Å². The molecule has 0 bridgehead atoms. The van der Waals surface area contributed by atoms with E-state index in [-0.39, 0.29) is 11.8 Å². The minimum atomic E-state index is 0.0664. The molecule has 2 heterocycles. The Kier molecular flexibility index (Phi) is 6.69. The van der Waals surface area contributed by atoms with Crippen LogP contribution < -0.4 is 5.32 Å². The van der Waals surface area contributed by atoms with Crippen molar-refractivity contribution in [1.29, 1.82) is 0 Å². The maximum absolute atomic E-state index is 12.8. The molecule has 3 aliphatic rings. The summed E-state index contributed by atoms with van der Waals surface area (Å²) in [5.41, 5.74) is 2.73. The second-order valence-corrected chi connectivity index (χ2v) is 9.62. The molecule has 1 atom stereocenters. The molecule has 1 aromatic heterocycles. The summed E-state index contributed by atoms with van der Waals surface area (Å²) >= 11 is 0. The quantitative estimate of drug-likeness (QED) is 0.743. The number of nitrogens with zero attached hydrogens (tertiary/aromatic N) is 3. The van der Waals surface area contributed by atoms with Gasteiger partial charge in [0, 0.05) is 48.4 Å². The number of hydrogen-bond acceptors (Lipinski definition) is 4. The number of nitrogens with one attached hydrogen (secondary N) is 1. The zero-order valence-corrected chi connectivity index (χ0v) is 18.6. The highest BCUT2D eigenvalue weighted by molar-refractivity contribution is 5.79. The fourth-order valence-electron chi connectivity index (χ4n) is 5.07. The summed E-state index contributed by atoms with van der Waals surface area (Å²) < 4.78 is 0. The second kappa shape index (κ2) is 9.44. The Morgan fingerprint density at radius 3 is 2.37 bits per heavy atom. The van der Waals surface area contributed by atoms with Gasteiger partial charge in [-0.3, -0.25) is 9.59 Å². The summed E-state index contributed by atoms with van der Waals surface area (Å²) in [7, 11) is 0. The van der Waals surface area contributed by atoms with Crippen LogP contribution in [0.1, 0.15) is 92.9 Å². The number of amides is 2. The van der Waals surface area contributed by atoms with Crippen molar-refractivity contribution in [2.75, 3.05) is 13.1 Å². The van der Waals surface area contributed by atoms with Crippen molar-refractivity contribution < 1.29 is 9.59 Å². The van der Waals surface area contributed by atoms with E-state index < -0.39 is 0 Å². The lowest BCUT2D eigenvalue weighted by atomic mass is 9.95. The molecule has 164 valence electrons. The van der Waals surface area contributed by atoms with Gasteiger partial charge in [0.05, 0.1) is 6.42 Å². The number of carbonyl (C=O) groups is 2. The maximum atomic E-state index is 12.8. The van der Waals surface area contributed by atoms with Gasteiger partial charge in [0.25, 0.3) is 0 Å². The SMILES string of the molecule is Cc1nc([C@H]2CCCN(C(=O)CCC3CCCC3)C2)nc(C)c1CC(=O)NC1CC1. The van der Waals surface area contributed by atoms with Gasteiger partial charge in [-0.05, 0) is 51.9 Å². The Hall–Kier alpha value is -1.98. The molecule has 0 aromatic carbocycles. The molecule has 6 nitrogen and oxygen atoms in total. The molecule has 0 unspecified atom stereocenters. The molecule has 2 amide bonds. The lowest BCUT2D eigenvalue weighted by Gasteiger charge is -2.32. The van der Waals surface area contributed by atoms with E-state index in [1.165, 1.54) is 25.7 Å². The van der Waals surface area contributed by atoms with E-state index in [0.29, 0.717) is 24.8 Å². The summed E-state index contributed by atoms with van der Waals surface area (Å²) in [5.74, 6) is 2.16. The van der Waals surface area contributed by atoms with Crippen LogP contribution in [0.25, 0.3) is 0 Å². The molecule has 30 heavy (non-hydrogen) atoms. The zero-order valence-electron chi connectivity index (χ0n) is 18.6. The van der Waals surface area contributed by atoms with Crippen LogP contribution in [0.15, 0.2) is 0 Å². The van der Waals surface area contributed by atoms with Gasteiger partial charge in [-0.15, -0.1) is 0 Å². The molecular formula is C24H36N4O2. The number of rotatable bonds is 7. The van der Waals surface area contributed by atoms with Crippen LogP contribution in [0.4, 0.5) is 0 Å². The molecule has 1 N–H and O–H groups in total. The predicted molar refractivity (Wildman–Crippen MR) is 116 cm³/mol. The van der Waals surface area contributed by atoms with Crippen molar-refractivity contribution in [1.82, 2.24) is 20.2 Å². The zero-order chi connectivity index (χ0) is 21.1. The molecular weight excluding hydrogens is 376 g/mol. The molecule has 1 aliphatic heterocycles. The van der Waals surface area contributed by atoms with Gasteiger partial charge in [-0.25, -0.2) is 9.97 Å². The van der Waals surface area contributed by atoms with Crippen molar-refractivity contribution in [3.05, 3.63) is 22.8 Å². The van der Waals surface area contributed by atoms with E-state index in [0.717, 1.165) is 73.9 Å². The monoisotopic (exact) mass is 412 g/mol. The average Bonchev–Trinajstić information content (AvgIpc) is 3.38. The average molecular weight is 413 g/mol. The summed E-state index contributed by atoms with van der Waals surface area (Å²) in [6, 6.07) is 0.373. The van der Waals surface area contributed by atoms with E-state index in [9.17, 15) is 9.59 Å². The van der Waals surface area contributed by atoms with Crippen molar-refractivity contribution in [2.45, 2.75) is 96.4 Å². The van der Waals surface area contributed by atoms with Gasteiger partial charge in [0.15, 0.2) is 0 Å². The first-order chi connectivity index (χ1) is 14.5. The molecule has 1 aromatic rings. The molecule has 2 aliphatic carbocycles. The third-order valence-electron chi connectivity index (χ3n) is 7.10. The standard InChI is InChI=1S/C24H36N4O2/c1-16-21(14-22(29)27-20-10-11-20)17(2)26-24(25-16)19-8-5-13-28(15-19)23(30)12-9-18-6-3-4-7-18/h18-20H,3-15H2,1-2H3,(H,27,29)/t19-/m0/s1. The Balaban J connectivity index is 1.36. The molecule has 0 spiro atoms. The third kappa shape index (κ3) is 5.38. The summed E-state index contributed by atoms with van der Waals surface area (Å²) in [5, 5.41) is 3.05. The van der Waals surface area contributed by atoms with Gasteiger partial charge in [0.1, 0.15) is 5.82 Å². The molecule has 6 heteroatoms. The summed E-state index contributed by atoms with van der Waals surface area (Å²) in [4.78, 5) is 36.6. The molecule has 0 radical (unpaired) electrons. The van der Waals surface area contributed by atoms with Crippen molar-refractivity contribution in [3.8, 4) is 0 Å². The number of carbonyl (C=O) groups excluding carboxylic acids is 2. The van der Waals surface area contributed by atoms with Gasteiger partial charge in [0.2, 0.25) is 11.8 Å². The summed E-state index contributed by atoms with van der Waals surface area (Å²) in [6.45, 7) is 5.54. The van der Waals surface area contributed by atoms with Crippen LogP contribution >= 0.6 is 0 Å². The first-order valence-corrected chi connectivity index (χ1v) is 11.9. The van der Waals surface area contributed by atoms with Crippen molar-refractivity contribution >= 4 is 11.8 Å². The first kappa shape index (κ1) is 21.3. The number of likely N-dealkylation sites (tertiary alicyclic amines) is 1. The van der Waals surface area contributed by atoms with Crippen molar-refractivity contribution in [3.63, 3.8) is 0 Å². The van der Waals surface area contributed by atoms with Crippen LogP contribution in [-0.4, -0.2) is 45.8 Å². The number of hydrogen-bond donors (Lipinski definition) is 1. The number of aromatic nitrogens is 2. The third-order valence-corrected chi connectivity index (χ3v) is 7.10. The van der Waals surface area contributed by atoms with E-state index in [2.05, 4.69) is 5.32 Å². The minimum Gasteiger partial charge on any atom is -0.353 e. The lowest BCUT2D eigenvalue weighted by molar-refractivity contribution is -0.132. The molecule has 1 saturated heterocycles. The smallest absolute Gasteiger partial charge is 0.224 e. The summed E-state index contributed by atoms with van der Waals surface area (Å²) in [6.07, 6.45) is 11.6. The number of aryl methyl sites for hydroxylation is 2. The topological polar surface area (TPSA) is 75.2 Å². The highest BCUT2D eigenvalue weighted by atomic mass is 16.2. The van der Waals surface area contributed by atoms with Crippen LogP contribution in [0.5, 0.6) is 0 Å². The van der Waals surface area contributed by atoms with Crippen LogP contribution in [0.3, 0.4) is 0 Å². The van der Waals surface area contributed by atoms with Gasteiger partial charge < -0.3 is 10.2 Å². The Morgan fingerprint density at radius 2 is 1.70 bits per heavy atom. The number of piperidine rings is 1. The van der Waals surface area contributed by atoms with E-state index >= 15 is 0 Å². The Labute approximate surface area is 180 Å².